The molecule has 6 nitrogen and oxygen atoms in total. The number of hydrogen-bond acceptors (Lipinski definition) is 6. The summed E-state index contributed by atoms with van der Waals surface area (Å²) in [5.74, 6) is 0. The zero-order valence-electron chi connectivity index (χ0n) is 10.1. The third kappa shape index (κ3) is 2.71. The van der Waals surface area contributed by atoms with Crippen LogP contribution >= 0.6 is 0 Å². The molecule has 96 valence electrons. The smallest absolute Gasteiger partial charge is 0.184 e. The number of methoxy groups -OCH3 is 4. The highest BCUT2D eigenvalue weighted by Crippen LogP contribution is 2.25. The molecule has 0 bridgehead atoms. The fourth-order valence-corrected chi connectivity index (χ4v) is 2.00. The highest BCUT2D eigenvalue weighted by Gasteiger charge is 2.46. The second-order valence-corrected chi connectivity index (χ2v) is 3.62. The Morgan fingerprint density at radius 3 is 1.94 bits per heavy atom. The van der Waals surface area contributed by atoms with E-state index in [1.165, 1.54) is 7.11 Å². The van der Waals surface area contributed by atoms with Gasteiger partial charge in [0.05, 0.1) is 6.61 Å². The maximum absolute atomic E-state index is 9.74. The minimum Gasteiger partial charge on any atom is -0.382 e. The Hall–Kier alpha value is -0.240. The normalized spacial score (nSPS) is 39.9. The van der Waals surface area contributed by atoms with E-state index in [-0.39, 0.29) is 18.3 Å². The van der Waals surface area contributed by atoms with Gasteiger partial charge in [-0.15, -0.1) is 0 Å². The van der Waals surface area contributed by atoms with Gasteiger partial charge >= 0.3 is 0 Å². The Labute approximate surface area is 95.4 Å². The van der Waals surface area contributed by atoms with E-state index in [0.29, 0.717) is 6.61 Å². The highest BCUT2D eigenvalue weighted by atomic mass is 16.7. The molecule has 1 N–H and O–H groups in total. The lowest BCUT2D eigenvalue weighted by molar-refractivity contribution is -0.300. The van der Waals surface area contributed by atoms with Crippen LogP contribution in [0.15, 0.2) is 0 Å². The average Bonchev–Trinajstić information content (AvgIpc) is 2.28. The third-order valence-electron chi connectivity index (χ3n) is 2.76. The molecule has 0 aromatic carbocycles. The predicted octanol–water partition coefficient (Wildman–Crippen LogP) is -0.605. The Balaban J connectivity index is 2.78. The third-order valence-corrected chi connectivity index (χ3v) is 2.76. The van der Waals surface area contributed by atoms with Crippen molar-refractivity contribution in [2.45, 2.75) is 30.7 Å². The standard InChI is InChI=1S/C10H20O6/c1-12-5-6-7(13-2)8(14-3)9(15-4)10(11)16-6/h6-11H,5H2,1-4H3/t6-,7+,8+,9+,10-/m0/s1. The lowest BCUT2D eigenvalue weighted by Crippen LogP contribution is -2.60. The van der Waals surface area contributed by atoms with Gasteiger partial charge in [-0.2, -0.15) is 0 Å². The zero-order valence-corrected chi connectivity index (χ0v) is 10.1. The Morgan fingerprint density at radius 1 is 0.938 bits per heavy atom. The lowest BCUT2D eigenvalue weighted by Gasteiger charge is -2.42. The Bertz CT molecular complexity index is 200. The maximum Gasteiger partial charge on any atom is 0.184 e. The molecule has 0 aliphatic carbocycles. The van der Waals surface area contributed by atoms with E-state index in [9.17, 15) is 5.11 Å². The second-order valence-electron chi connectivity index (χ2n) is 3.62. The van der Waals surface area contributed by atoms with E-state index in [1.807, 2.05) is 0 Å². The molecule has 0 spiro atoms. The molecule has 0 aromatic heterocycles. The number of aliphatic hydroxyl groups excluding tert-OH is 1. The minimum absolute atomic E-state index is 0.325. The maximum atomic E-state index is 9.74. The average molecular weight is 236 g/mol. The summed E-state index contributed by atoms with van der Waals surface area (Å²) in [6.07, 6.45) is -2.71. The first-order valence-corrected chi connectivity index (χ1v) is 5.10. The van der Waals surface area contributed by atoms with Gasteiger partial charge in [-0.3, -0.25) is 0 Å². The molecule has 0 unspecified atom stereocenters. The summed E-state index contributed by atoms with van der Waals surface area (Å²) in [5, 5.41) is 9.74. The van der Waals surface area contributed by atoms with Crippen molar-refractivity contribution in [1.29, 1.82) is 0 Å². The molecule has 0 amide bonds. The summed E-state index contributed by atoms with van der Waals surface area (Å²) in [6, 6.07) is 0. The first kappa shape index (κ1) is 13.8. The molecule has 0 saturated carbocycles. The van der Waals surface area contributed by atoms with Crippen LogP contribution in [0.3, 0.4) is 0 Å². The van der Waals surface area contributed by atoms with E-state index in [4.69, 9.17) is 23.7 Å². The van der Waals surface area contributed by atoms with Crippen molar-refractivity contribution in [3.63, 3.8) is 0 Å². The van der Waals surface area contributed by atoms with Gasteiger partial charge < -0.3 is 28.8 Å². The van der Waals surface area contributed by atoms with Gasteiger partial charge in [0.15, 0.2) is 6.29 Å². The van der Waals surface area contributed by atoms with Crippen molar-refractivity contribution in [1.82, 2.24) is 0 Å². The molecule has 5 atom stereocenters. The summed E-state index contributed by atoms with van der Waals surface area (Å²) in [4.78, 5) is 0. The zero-order chi connectivity index (χ0) is 12.1. The van der Waals surface area contributed by atoms with Crippen LogP contribution in [-0.2, 0) is 23.7 Å². The monoisotopic (exact) mass is 236 g/mol. The van der Waals surface area contributed by atoms with E-state index in [2.05, 4.69) is 0 Å². The summed E-state index contributed by atoms with van der Waals surface area (Å²) in [5.41, 5.74) is 0. The van der Waals surface area contributed by atoms with Gasteiger partial charge in [-0.25, -0.2) is 0 Å². The molecule has 6 heteroatoms. The van der Waals surface area contributed by atoms with Crippen LogP contribution < -0.4 is 0 Å². The number of ether oxygens (including phenoxy) is 5. The van der Waals surface area contributed by atoms with Crippen molar-refractivity contribution in [3.05, 3.63) is 0 Å². The van der Waals surface area contributed by atoms with Crippen LogP contribution in [0.2, 0.25) is 0 Å². The number of aliphatic hydroxyl groups is 1. The molecule has 0 aromatic rings. The van der Waals surface area contributed by atoms with Crippen molar-refractivity contribution < 1.29 is 28.8 Å². The van der Waals surface area contributed by atoms with E-state index in [1.54, 1.807) is 21.3 Å². The summed E-state index contributed by atoms with van der Waals surface area (Å²) >= 11 is 0. The minimum atomic E-state index is -1.04. The first-order valence-electron chi connectivity index (χ1n) is 5.10. The molecule has 1 fully saturated rings. The van der Waals surface area contributed by atoms with Gasteiger partial charge in [-0.05, 0) is 0 Å². The SMILES string of the molecule is COC[C@@H]1O[C@H](O)[C@H](OC)[C@H](OC)[C@@H]1OC. The van der Waals surface area contributed by atoms with E-state index < -0.39 is 12.4 Å². The lowest BCUT2D eigenvalue weighted by atomic mass is 9.98. The van der Waals surface area contributed by atoms with Crippen molar-refractivity contribution in [2.24, 2.45) is 0 Å². The molecular formula is C10H20O6. The fraction of sp³-hybridized carbons (Fsp3) is 1.00. The van der Waals surface area contributed by atoms with Crippen molar-refractivity contribution in [2.75, 3.05) is 35.0 Å². The van der Waals surface area contributed by atoms with Crippen LogP contribution in [0, 0.1) is 0 Å². The molecule has 16 heavy (non-hydrogen) atoms. The molecule has 1 aliphatic rings. The first-order chi connectivity index (χ1) is 7.69. The van der Waals surface area contributed by atoms with Gasteiger partial charge in [0.1, 0.15) is 24.4 Å². The quantitative estimate of drug-likeness (QED) is 0.687. The summed E-state index contributed by atoms with van der Waals surface area (Å²) < 4.78 is 26.1. The van der Waals surface area contributed by atoms with Crippen LogP contribution in [0.5, 0.6) is 0 Å². The van der Waals surface area contributed by atoms with Crippen LogP contribution in [-0.4, -0.2) is 70.9 Å². The molecule has 0 radical (unpaired) electrons. The largest absolute Gasteiger partial charge is 0.382 e. The molecule has 1 rings (SSSR count). The predicted molar refractivity (Wildman–Crippen MR) is 55.1 cm³/mol. The van der Waals surface area contributed by atoms with Crippen molar-refractivity contribution in [3.8, 4) is 0 Å². The summed E-state index contributed by atoms with van der Waals surface area (Å²) in [6.45, 7) is 0.325. The van der Waals surface area contributed by atoms with Gasteiger partial charge in [0.25, 0.3) is 0 Å². The fourth-order valence-electron chi connectivity index (χ4n) is 2.00. The molecule has 1 saturated heterocycles. The van der Waals surface area contributed by atoms with Gasteiger partial charge in [0.2, 0.25) is 0 Å². The molecule has 1 aliphatic heterocycles. The molecule has 1 heterocycles. The number of hydrogen-bond donors (Lipinski definition) is 1. The van der Waals surface area contributed by atoms with E-state index in [0.717, 1.165) is 0 Å². The van der Waals surface area contributed by atoms with Crippen LogP contribution in [0.25, 0.3) is 0 Å². The van der Waals surface area contributed by atoms with Gasteiger partial charge in [-0.1, -0.05) is 0 Å². The van der Waals surface area contributed by atoms with Crippen LogP contribution in [0.4, 0.5) is 0 Å². The highest BCUT2D eigenvalue weighted by molar-refractivity contribution is 4.91. The van der Waals surface area contributed by atoms with Gasteiger partial charge in [0, 0.05) is 28.4 Å². The Kier molecular flexibility index (Phi) is 5.60. The topological polar surface area (TPSA) is 66.4 Å². The second kappa shape index (κ2) is 6.48. The summed E-state index contributed by atoms with van der Waals surface area (Å²) in [7, 11) is 6.16. The Morgan fingerprint density at radius 2 is 1.50 bits per heavy atom. The molecular weight excluding hydrogens is 216 g/mol. The van der Waals surface area contributed by atoms with Crippen molar-refractivity contribution >= 4 is 0 Å². The van der Waals surface area contributed by atoms with E-state index >= 15 is 0 Å². The number of rotatable bonds is 5. The van der Waals surface area contributed by atoms with Crippen LogP contribution in [0.1, 0.15) is 0 Å².